The van der Waals surface area contributed by atoms with Crippen molar-refractivity contribution in [3.8, 4) is 5.75 Å². The number of aromatic nitrogens is 1. The predicted molar refractivity (Wildman–Crippen MR) is 231 cm³/mol. The van der Waals surface area contributed by atoms with Crippen LogP contribution in [-0.4, -0.2) is 213 Å². The number of benzene rings is 1. The van der Waals surface area contributed by atoms with Crippen molar-refractivity contribution in [3.05, 3.63) is 33.9 Å². The number of nitrogens with two attached hydrogens (primary N) is 4. The molecule has 0 spiro atoms. The first-order valence-electron chi connectivity index (χ1n) is 22.2. The van der Waals surface area contributed by atoms with E-state index in [0.717, 1.165) is 25.5 Å². The summed E-state index contributed by atoms with van der Waals surface area (Å²) >= 11 is 0. The predicted octanol–water partition coefficient (Wildman–Crippen LogP) is -6.44. The lowest BCUT2D eigenvalue weighted by atomic mass is 9.83. The molecule has 17 atom stereocenters. The number of halogens is 1. The number of amides is 1. The van der Waals surface area contributed by atoms with Gasteiger partial charge in [-0.1, -0.05) is 0 Å². The van der Waals surface area contributed by atoms with E-state index in [1.165, 1.54) is 13.3 Å². The van der Waals surface area contributed by atoms with Crippen molar-refractivity contribution < 1.29 is 83.6 Å². The molecule has 3 saturated heterocycles. The first kappa shape index (κ1) is 52.6. The van der Waals surface area contributed by atoms with Gasteiger partial charge in [0, 0.05) is 50.5 Å². The molecule has 378 valence electrons. The number of piperazine rings is 1. The second-order valence-electron chi connectivity index (χ2n) is 17.6. The number of carboxylic acids is 1. The lowest BCUT2D eigenvalue weighted by Gasteiger charge is -2.49. The maximum Gasteiger partial charge on any atom is 0.341 e. The number of carboxylic acid groups (broad SMARTS) is 1. The third-order valence-electron chi connectivity index (χ3n) is 12.8. The summed E-state index contributed by atoms with van der Waals surface area (Å²) in [6.07, 6.45) is -16.7. The Hall–Kier alpha value is -3.78. The topological polar surface area (TPSA) is 416 Å². The van der Waals surface area contributed by atoms with E-state index in [4.69, 9.17) is 46.6 Å². The van der Waals surface area contributed by atoms with Gasteiger partial charge in [0.1, 0.15) is 78.4 Å². The van der Waals surface area contributed by atoms with Gasteiger partial charge in [0.2, 0.25) is 11.3 Å². The van der Waals surface area contributed by atoms with E-state index in [1.54, 1.807) is 4.57 Å². The Kier molecular flexibility index (Phi) is 17.5. The van der Waals surface area contributed by atoms with Crippen molar-refractivity contribution in [1.29, 1.82) is 0 Å². The fourth-order valence-electron chi connectivity index (χ4n) is 8.93. The number of aromatic carboxylic acids is 1. The zero-order chi connectivity index (χ0) is 49.2. The van der Waals surface area contributed by atoms with E-state index < -0.39 is 128 Å². The molecule has 0 radical (unpaired) electrons. The van der Waals surface area contributed by atoms with Gasteiger partial charge in [0.15, 0.2) is 24.1 Å². The minimum Gasteiger partial charge on any atom is -0.492 e. The Labute approximate surface area is 383 Å². The Morgan fingerprint density at radius 3 is 2.22 bits per heavy atom. The van der Waals surface area contributed by atoms with Crippen LogP contribution in [0.3, 0.4) is 0 Å². The van der Waals surface area contributed by atoms with Crippen LogP contribution in [0.2, 0.25) is 0 Å². The van der Waals surface area contributed by atoms with Crippen molar-refractivity contribution in [2.45, 2.75) is 143 Å². The number of fused-ring (bicyclic) bond motifs is 1. The summed E-state index contributed by atoms with van der Waals surface area (Å²) in [5.41, 5.74) is 22.8. The average Bonchev–Trinajstić information content (AvgIpc) is 4.15. The molecule has 0 bridgehead atoms. The van der Waals surface area contributed by atoms with Crippen molar-refractivity contribution in [1.82, 2.24) is 15.2 Å². The van der Waals surface area contributed by atoms with Crippen molar-refractivity contribution in [2.75, 3.05) is 51.3 Å². The smallest absolute Gasteiger partial charge is 0.341 e. The number of rotatable bonds is 14. The van der Waals surface area contributed by atoms with E-state index in [0.29, 0.717) is 30.0 Å². The fourth-order valence-corrected chi connectivity index (χ4v) is 8.93. The van der Waals surface area contributed by atoms with Crippen LogP contribution in [0.4, 0.5) is 10.1 Å². The molecule has 3 unspecified atom stereocenters. The molecule has 4 heterocycles. The quantitative estimate of drug-likeness (QED) is 0.0837. The van der Waals surface area contributed by atoms with Gasteiger partial charge < -0.3 is 113 Å². The zero-order valence-corrected chi connectivity index (χ0v) is 37.0. The molecular formula is C41H65FN8O17. The number of nitrogens with zero attached hydrogens (tertiary/aromatic N) is 2. The lowest BCUT2D eigenvalue weighted by molar-refractivity contribution is -0.332. The molecule has 2 aromatic rings. The van der Waals surface area contributed by atoms with E-state index >= 15 is 4.39 Å². The van der Waals surface area contributed by atoms with Gasteiger partial charge >= 0.3 is 5.97 Å². The average molecular weight is 961 g/mol. The third kappa shape index (κ3) is 11.2. The first-order chi connectivity index (χ1) is 31.8. The van der Waals surface area contributed by atoms with Gasteiger partial charge in [0.25, 0.3) is 0 Å². The van der Waals surface area contributed by atoms with Crippen LogP contribution in [0, 0.1) is 5.82 Å². The number of carbonyl (C=O) groups is 2. The largest absolute Gasteiger partial charge is 0.492 e. The Morgan fingerprint density at radius 1 is 0.970 bits per heavy atom. The molecule has 3 aliphatic heterocycles. The summed E-state index contributed by atoms with van der Waals surface area (Å²) in [7, 11) is 1.45. The van der Waals surface area contributed by atoms with Crippen molar-refractivity contribution in [2.24, 2.45) is 22.9 Å². The fraction of sp³-hybridized carbons (Fsp3) is 0.732. The highest BCUT2D eigenvalue weighted by molar-refractivity contribution is 5.97. The van der Waals surface area contributed by atoms with Gasteiger partial charge in [-0.3, -0.25) is 9.59 Å². The number of carbonyl (C=O) groups excluding carboxylic acids is 1. The van der Waals surface area contributed by atoms with Gasteiger partial charge in [-0.25, -0.2) is 9.18 Å². The van der Waals surface area contributed by atoms with Crippen LogP contribution in [0.25, 0.3) is 10.9 Å². The molecule has 2 saturated carbocycles. The molecule has 26 heteroatoms. The molecule has 5 fully saturated rings. The van der Waals surface area contributed by atoms with Crippen LogP contribution < -0.4 is 48.6 Å². The summed E-state index contributed by atoms with van der Waals surface area (Å²) in [5.74, 6) is -2.44. The molecule has 1 amide bonds. The SMILES string of the molecule is COc1c(N2CCNC(C)C2)c(F)cc2c(=O)c(C(=O)O)cn(C3CC3)c12.NCCC(O)C(=O)N[C@@H]1C[C@H](N)C(O[C@H]2O[C@H](CN)[C@@H](O)[C@H](O)[C@H]2O)[C@H](O)[C@H]1O[C@H]1O[C@H](CO)[C@@H](O)[C@H](N)[C@H]1O. The van der Waals surface area contributed by atoms with E-state index in [9.17, 15) is 60.3 Å². The summed E-state index contributed by atoms with van der Waals surface area (Å²) in [4.78, 5) is 38.7. The van der Waals surface area contributed by atoms with Crippen molar-refractivity contribution in [3.63, 3.8) is 0 Å². The van der Waals surface area contributed by atoms with Crippen LogP contribution >= 0.6 is 0 Å². The van der Waals surface area contributed by atoms with Gasteiger partial charge in [-0.05, 0) is 45.2 Å². The minimum absolute atomic E-state index is 0.0101. The Balaban J connectivity index is 0.000000237. The molecular weight excluding hydrogens is 895 g/mol. The second kappa shape index (κ2) is 22.3. The Bertz CT molecular complexity index is 2090. The summed E-state index contributed by atoms with van der Waals surface area (Å²) in [6, 6.07) is -2.00. The summed E-state index contributed by atoms with van der Waals surface area (Å²) in [5, 5.41) is 97.6. The number of nitrogens with one attached hydrogen (secondary N) is 2. The first-order valence-corrected chi connectivity index (χ1v) is 22.2. The third-order valence-corrected chi connectivity index (χ3v) is 12.8. The van der Waals surface area contributed by atoms with Crippen LogP contribution in [0.15, 0.2) is 17.1 Å². The number of pyridine rings is 1. The molecule has 67 heavy (non-hydrogen) atoms. The van der Waals surface area contributed by atoms with Crippen molar-refractivity contribution >= 4 is 28.5 Å². The molecule has 19 N–H and O–H groups in total. The second-order valence-corrected chi connectivity index (χ2v) is 17.6. The van der Waals surface area contributed by atoms with E-state index in [-0.39, 0.29) is 49.0 Å². The highest BCUT2D eigenvalue weighted by atomic mass is 19.1. The standard InChI is InChI=1S/C22H43N5O13.C19H22FN3O4/c23-2-1-8(29)20(36)27-7-3-6(25)18(39-22-16(34)15(33)13(31)9(4-24)37-22)17(35)19(7)40-21-14(32)11(26)12(30)10(5-28)38-21;1-10-8-22(6-5-21-10)16-14(20)7-12-15(18(16)27-2)23(11-3-4-11)9-13(17(12)24)19(25)26/h6-19,21-22,28-35H,1-5,23-26H2,(H,27,36);7,9-11,21H,3-6,8H2,1-2H3,(H,25,26)/t6-,7+,8?,9+,10+,11-,12+,13+,14+,15-,16+,17-,18?,19-,21+,22+;/m0./s1. The lowest BCUT2D eigenvalue weighted by Crippen LogP contribution is -2.69. The number of aliphatic hydroxyl groups excluding tert-OH is 8. The van der Waals surface area contributed by atoms with Gasteiger partial charge in [0.05, 0.1) is 36.7 Å². The molecule has 2 aliphatic carbocycles. The molecule has 25 nitrogen and oxygen atoms in total. The maximum atomic E-state index is 15.1. The minimum atomic E-state index is -1.76. The summed E-state index contributed by atoms with van der Waals surface area (Å²) in [6.45, 7) is 3.07. The van der Waals surface area contributed by atoms with Crippen LogP contribution in [0.5, 0.6) is 5.75 Å². The highest BCUT2D eigenvalue weighted by Crippen LogP contribution is 2.44. The number of aliphatic hydroxyl groups is 8. The van der Waals surface area contributed by atoms with Crippen LogP contribution in [-0.2, 0) is 23.7 Å². The molecule has 1 aromatic carbocycles. The van der Waals surface area contributed by atoms with Crippen LogP contribution in [0.1, 0.15) is 49.0 Å². The maximum absolute atomic E-state index is 15.1. The molecule has 5 aliphatic rings. The number of methoxy groups -OCH3 is 1. The number of hydrogen-bond donors (Lipinski definition) is 15. The highest BCUT2D eigenvalue weighted by Gasteiger charge is 2.53. The zero-order valence-electron chi connectivity index (χ0n) is 37.0. The summed E-state index contributed by atoms with van der Waals surface area (Å²) < 4.78 is 45.0. The van der Waals surface area contributed by atoms with Gasteiger partial charge in [-0.2, -0.15) is 0 Å². The number of ether oxygens (including phenoxy) is 5. The molecule has 1 aromatic heterocycles. The normalized spacial score (nSPS) is 36.2. The number of hydrogen-bond acceptors (Lipinski definition) is 22. The van der Waals surface area contributed by atoms with E-state index in [2.05, 4.69) is 10.6 Å². The van der Waals surface area contributed by atoms with Gasteiger partial charge in [-0.15, -0.1) is 0 Å². The monoisotopic (exact) mass is 960 g/mol. The van der Waals surface area contributed by atoms with E-state index in [1.807, 2.05) is 11.8 Å². The number of anilines is 1. The molecule has 7 rings (SSSR count). The Morgan fingerprint density at radius 2 is 1.63 bits per heavy atom.